The number of carbonyl (C=O) groups is 1. The van der Waals surface area contributed by atoms with E-state index in [0.29, 0.717) is 24.9 Å². The van der Waals surface area contributed by atoms with E-state index in [1.807, 2.05) is 17.0 Å². The van der Waals surface area contributed by atoms with Crippen LogP contribution in [0.5, 0.6) is 0 Å². The summed E-state index contributed by atoms with van der Waals surface area (Å²) < 4.78 is 0. The zero-order valence-corrected chi connectivity index (χ0v) is 19.7. The normalized spacial score (nSPS) is 22.3. The van der Waals surface area contributed by atoms with Gasteiger partial charge in [0.15, 0.2) is 0 Å². The van der Waals surface area contributed by atoms with Crippen LogP contribution in [0.25, 0.3) is 0 Å². The van der Waals surface area contributed by atoms with Crippen LogP contribution in [0.15, 0.2) is 72.4 Å². The summed E-state index contributed by atoms with van der Waals surface area (Å²) in [5.41, 5.74) is 2.77. The second kappa shape index (κ2) is 10.7. The number of piperidine rings is 1. The summed E-state index contributed by atoms with van der Waals surface area (Å²) in [5, 5.41) is 9.72. The van der Waals surface area contributed by atoms with Crippen LogP contribution in [-0.4, -0.2) is 59.9 Å². The van der Waals surface area contributed by atoms with Gasteiger partial charge in [-0.15, -0.1) is 0 Å². The van der Waals surface area contributed by atoms with E-state index in [-0.39, 0.29) is 17.5 Å². The third-order valence-corrected chi connectivity index (χ3v) is 6.76. The average Bonchev–Trinajstić information content (AvgIpc) is 2.83. The minimum absolute atomic E-state index is 0.140. The first-order valence-electron chi connectivity index (χ1n) is 12.0. The molecule has 0 aromatic heterocycles. The fourth-order valence-electron chi connectivity index (χ4n) is 5.37. The van der Waals surface area contributed by atoms with Gasteiger partial charge in [0.1, 0.15) is 11.6 Å². The van der Waals surface area contributed by atoms with E-state index >= 15 is 0 Å². The number of nitriles is 1. The highest BCUT2D eigenvalue weighted by Gasteiger charge is 2.30. The average molecular weight is 443 g/mol. The highest BCUT2D eigenvalue weighted by molar-refractivity contribution is 5.97. The van der Waals surface area contributed by atoms with E-state index in [2.05, 4.69) is 78.2 Å². The van der Waals surface area contributed by atoms with Gasteiger partial charge in [0.25, 0.3) is 5.91 Å². The monoisotopic (exact) mass is 442 g/mol. The molecule has 2 aromatic carbocycles. The molecule has 0 radical (unpaired) electrons. The summed E-state index contributed by atoms with van der Waals surface area (Å²) in [7, 11) is 0. The molecule has 33 heavy (non-hydrogen) atoms. The van der Waals surface area contributed by atoms with E-state index in [9.17, 15) is 10.1 Å². The lowest BCUT2D eigenvalue weighted by Crippen LogP contribution is -2.50. The lowest BCUT2D eigenvalue weighted by Gasteiger charge is -2.40. The van der Waals surface area contributed by atoms with Crippen LogP contribution >= 0.6 is 0 Å². The number of likely N-dealkylation sites (tertiary alicyclic amines) is 1. The molecular formula is C28H34N4O. The van der Waals surface area contributed by atoms with Gasteiger partial charge in [-0.3, -0.25) is 9.69 Å². The van der Waals surface area contributed by atoms with Crippen LogP contribution in [0.2, 0.25) is 0 Å². The first kappa shape index (κ1) is 23.1. The lowest BCUT2D eigenvalue weighted by molar-refractivity contribution is -0.128. The molecule has 2 unspecified atom stereocenters. The molecule has 0 spiro atoms. The van der Waals surface area contributed by atoms with Crippen molar-refractivity contribution in [2.75, 3.05) is 39.3 Å². The maximum absolute atomic E-state index is 13.2. The standard InChI is InChI=1S/C28H34N4O/c1-22-17-23(2)20-30(19-22)21-26(18-29)28(33)32-15-13-31(14-16-32)27(24-9-5-3-6-10-24)25-11-7-4-8-12-25/h3-12,21-23,27H,13-17,19-20H2,1-2H3/b26-21-. The van der Waals surface area contributed by atoms with Gasteiger partial charge in [0.05, 0.1) is 6.04 Å². The summed E-state index contributed by atoms with van der Waals surface area (Å²) >= 11 is 0. The molecule has 2 saturated heterocycles. The van der Waals surface area contributed by atoms with Gasteiger partial charge in [0, 0.05) is 45.5 Å². The second-order valence-electron chi connectivity index (χ2n) is 9.61. The predicted octanol–water partition coefficient (Wildman–Crippen LogP) is 4.31. The molecule has 5 heteroatoms. The molecule has 0 N–H and O–H groups in total. The number of nitrogens with zero attached hydrogens (tertiary/aromatic N) is 4. The van der Waals surface area contributed by atoms with Crippen molar-refractivity contribution in [1.82, 2.24) is 14.7 Å². The third kappa shape index (κ3) is 5.64. The Balaban J connectivity index is 1.45. The molecular weight excluding hydrogens is 408 g/mol. The SMILES string of the molecule is CC1CC(C)CN(/C=C(/C#N)C(=O)N2CCN(C(c3ccccc3)c3ccccc3)CC2)C1. The smallest absolute Gasteiger partial charge is 0.266 e. The minimum Gasteiger partial charge on any atom is -0.376 e. The molecule has 2 fully saturated rings. The van der Waals surface area contributed by atoms with Gasteiger partial charge < -0.3 is 9.80 Å². The van der Waals surface area contributed by atoms with Crippen LogP contribution in [0.1, 0.15) is 37.4 Å². The van der Waals surface area contributed by atoms with Crippen molar-refractivity contribution < 1.29 is 4.79 Å². The lowest BCUT2D eigenvalue weighted by atomic mass is 9.92. The van der Waals surface area contributed by atoms with Crippen LogP contribution in [0.4, 0.5) is 0 Å². The molecule has 2 aromatic rings. The largest absolute Gasteiger partial charge is 0.376 e. The van der Waals surface area contributed by atoms with Gasteiger partial charge >= 0.3 is 0 Å². The van der Waals surface area contributed by atoms with Gasteiger partial charge in [-0.1, -0.05) is 74.5 Å². The molecule has 2 heterocycles. The minimum atomic E-state index is -0.140. The number of hydrogen-bond donors (Lipinski definition) is 0. The highest BCUT2D eigenvalue weighted by Crippen LogP contribution is 2.29. The fraction of sp³-hybridized carbons (Fsp3) is 0.429. The molecule has 2 aliphatic heterocycles. The summed E-state index contributed by atoms with van der Waals surface area (Å²) in [5.74, 6) is 1.02. The van der Waals surface area contributed by atoms with Crippen molar-refractivity contribution >= 4 is 5.91 Å². The highest BCUT2D eigenvalue weighted by atomic mass is 16.2. The van der Waals surface area contributed by atoms with Crippen LogP contribution in [0.3, 0.4) is 0 Å². The Bertz CT molecular complexity index is 940. The molecule has 5 nitrogen and oxygen atoms in total. The quantitative estimate of drug-likeness (QED) is 0.512. The second-order valence-corrected chi connectivity index (χ2v) is 9.61. The molecule has 0 aliphatic carbocycles. The van der Waals surface area contributed by atoms with Gasteiger partial charge in [-0.25, -0.2) is 0 Å². The molecule has 0 bridgehead atoms. The number of amides is 1. The molecule has 2 aliphatic rings. The van der Waals surface area contributed by atoms with E-state index in [1.165, 1.54) is 17.5 Å². The molecule has 172 valence electrons. The predicted molar refractivity (Wildman–Crippen MR) is 131 cm³/mol. The Morgan fingerprint density at radius 2 is 1.42 bits per heavy atom. The topological polar surface area (TPSA) is 50.6 Å². The van der Waals surface area contributed by atoms with Crippen molar-refractivity contribution in [3.63, 3.8) is 0 Å². The Labute approximate surface area is 197 Å². The van der Waals surface area contributed by atoms with Crippen LogP contribution < -0.4 is 0 Å². The summed E-state index contributed by atoms with van der Waals surface area (Å²) in [4.78, 5) is 19.6. The molecule has 1 amide bonds. The number of hydrogen-bond acceptors (Lipinski definition) is 4. The van der Waals surface area contributed by atoms with E-state index in [0.717, 1.165) is 26.2 Å². The summed E-state index contributed by atoms with van der Waals surface area (Å²) in [6.45, 7) is 9.09. The van der Waals surface area contributed by atoms with Crippen molar-refractivity contribution in [1.29, 1.82) is 5.26 Å². The zero-order valence-electron chi connectivity index (χ0n) is 19.7. The number of carbonyl (C=O) groups excluding carboxylic acids is 1. The Hall–Kier alpha value is -3.10. The molecule has 4 rings (SSSR count). The van der Waals surface area contributed by atoms with Crippen LogP contribution in [0, 0.1) is 23.2 Å². The fourth-order valence-corrected chi connectivity index (χ4v) is 5.37. The third-order valence-electron chi connectivity index (χ3n) is 6.76. The van der Waals surface area contributed by atoms with Crippen molar-refractivity contribution in [2.24, 2.45) is 11.8 Å². The maximum Gasteiger partial charge on any atom is 0.266 e. The van der Waals surface area contributed by atoms with Crippen molar-refractivity contribution in [2.45, 2.75) is 26.3 Å². The Morgan fingerprint density at radius 1 is 0.909 bits per heavy atom. The summed E-state index contributed by atoms with van der Waals surface area (Å²) in [6, 6.07) is 23.4. The maximum atomic E-state index is 13.2. The number of benzene rings is 2. The number of rotatable bonds is 5. The Kier molecular flexibility index (Phi) is 7.47. The van der Waals surface area contributed by atoms with Gasteiger partial charge in [0.2, 0.25) is 0 Å². The van der Waals surface area contributed by atoms with Gasteiger partial charge in [-0.05, 0) is 29.4 Å². The van der Waals surface area contributed by atoms with E-state index < -0.39 is 0 Å². The van der Waals surface area contributed by atoms with Crippen molar-refractivity contribution in [3.05, 3.63) is 83.6 Å². The van der Waals surface area contributed by atoms with E-state index in [4.69, 9.17) is 0 Å². The molecule has 2 atom stereocenters. The first-order chi connectivity index (χ1) is 16.0. The Morgan fingerprint density at radius 3 is 1.91 bits per heavy atom. The van der Waals surface area contributed by atoms with E-state index in [1.54, 1.807) is 6.20 Å². The summed E-state index contributed by atoms with van der Waals surface area (Å²) in [6.07, 6.45) is 3.00. The van der Waals surface area contributed by atoms with Crippen molar-refractivity contribution in [3.8, 4) is 6.07 Å². The molecule has 0 saturated carbocycles. The van der Waals surface area contributed by atoms with Crippen LogP contribution in [-0.2, 0) is 4.79 Å². The number of piperazine rings is 1. The zero-order chi connectivity index (χ0) is 23.2. The first-order valence-corrected chi connectivity index (χ1v) is 12.0. The van der Waals surface area contributed by atoms with Gasteiger partial charge in [-0.2, -0.15) is 5.26 Å².